The molecular weight excluding hydrogens is 320 g/mol. The molecule has 130 valence electrons. The molecule has 1 aliphatic heterocycles. The van der Waals surface area contributed by atoms with Crippen LogP contribution in [-0.2, 0) is 4.79 Å². The van der Waals surface area contributed by atoms with Crippen LogP contribution in [0.2, 0.25) is 0 Å². The Morgan fingerprint density at radius 2 is 1.80 bits per heavy atom. The average Bonchev–Trinajstić information content (AvgIpc) is 3.02. The van der Waals surface area contributed by atoms with Crippen molar-refractivity contribution in [3.63, 3.8) is 0 Å². The van der Waals surface area contributed by atoms with Crippen LogP contribution in [0.25, 0.3) is 0 Å². The highest BCUT2D eigenvalue weighted by molar-refractivity contribution is 5.99. The summed E-state index contributed by atoms with van der Waals surface area (Å²) in [6.07, 6.45) is 0.277. The smallest absolute Gasteiger partial charge is 0.251 e. The van der Waals surface area contributed by atoms with Gasteiger partial charge in [-0.3, -0.25) is 9.59 Å². The molecule has 25 heavy (non-hydrogen) atoms. The van der Waals surface area contributed by atoms with Gasteiger partial charge in [-0.1, -0.05) is 6.07 Å². The lowest BCUT2D eigenvalue weighted by Crippen LogP contribution is -2.37. The topological polar surface area (TPSA) is 67.9 Å². The van der Waals surface area contributed by atoms with E-state index < -0.39 is 0 Å². The summed E-state index contributed by atoms with van der Waals surface area (Å²) in [7, 11) is 3.16. The maximum absolute atomic E-state index is 12.3. The number of carbonyl (C=O) groups excluding carboxylic acids is 2. The van der Waals surface area contributed by atoms with Crippen molar-refractivity contribution >= 4 is 17.5 Å². The van der Waals surface area contributed by atoms with Gasteiger partial charge in [0.15, 0.2) is 0 Å². The van der Waals surface area contributed by atoms with Crippen molar-refractivity contribution in [1.29, 1.82) is 0 Å². The van der Waals surface area contributed by atoms with Crippen LogP contribution in [0.3, 0.4) is 0 Å². The molecule has 2 aromatic rings. The minimum absolute atomic E-state index is 0.0201. The summed E-state index contributed by atoms with van der Waals surface area (Å²) in [5.41, 5.74) is 1.30. The van der Waals surface area contributed by atoms with Gasteiger partial charge < -0.3 is 19.7 Å². The maximum atomic E-state index is 12.3. The molecule has 2 amide bonds. The van der Waals surface area contributed by atoms with Crippen molar-refractivity contribution in [2.45, 2.75) is 12.5 Å². The zero-order chi connectivity index (χ0) is 17.8. The molecule has 0 aromatic heterocycles. The Morgan fingerprint density at radius 3 is 2.48 bits per heavy atom. The predicted octanol–water partition coefficient (Wildman–Crippen LogP) is 2.24. The summed E-state index contributed by atoms with van der Waals surface area (Å²) in [6.45, 7) is 0.438. The summed E-state index contributed by atoms with van der Waals surface area (Å²) in [4.78, 5) is 26.3. The van der Waals surface area contributed by atoms with Crippen molar-refractivity contribution in [2.24, 2.45) is 0 Å². The molecule has 2 aromatic carbocycles. The Morgan fingerprint density at radius 1 is 1.08 bits per heavy atom. The van der Waals surface area contributed by atoms with Crippen molar-refractivity contribution in [1.82, 2.24) is 5.32 Å². The number of methoxy groups -OCH3 is 2. The lowest BCUT2D eigenvalue weighted by Gasteiger charge is -2.18. The second kappa shape index (κ2) is 7.25. The highest BCUT2D eigenvalue weighted by atomic mass is 16.5. The number of benzene rings is 2. The van der Waals surface area contributed by atoms with E-state index in [1.54, 1.807) is 43.4 Å². The molecule has 1 aliphatic rings. The van der Waals surface area contributed by atoms with E-state index in [0.717, 1.165) is 5.69 Å². The molecule has 1 heterocycles. The standard InChI is InChI=1S/C19H20N2O4/c1-24-16-8-6-13(7-9-16)19(23)20-14-10-18(22)21(12-14)15-4-3-5-17(11-15)25-2/h3-9,11,14H,10,12H2,1-2H3,(H,20,23)/t14-/m1/s1. The second-order valence-corrected chi connectivity index (χ2v) is 5.81. The zero-order valence-electron chi connectivity index (χ0n) is 14.2. The molecule has 6 nitrogen and oxygen atoms in total. The van der Waals surface area contributed by atoms with E-state index in [9.17, 15) is 9.59 Å². The first-order valence-corrected chi connectivity index (χ1v) is 8.00. The van der Waals surface area contributed by atoms with Crippen molar-refractivity contribution in [3.8, 4) is 11.5 Å². The molecule has 1 N–H and O–H groups in total. The average molecular weight is 340 g/mol. The summed E-state index contributed by atoms with van der Waals surface area (Å²) in [6, 6.07) is 14.0. The van der Waals surface area contributed by atoms with Crippen LogP contribution in [0, 0.1) is 0 Å². The monoisotopic (exact) mass is 340 g/mol. The van der Waals surface area contributed by atoms with Crippen LogP contribution < -0.4 is 19.7 Å². The Kier molecular flexibility index (Phi) is 4.88. The van der Waals surface area contributed by atoms with E-state index in [2.05, 4.69) is 5.32 Å². The SMILES string of the molecule is COc1ccc(C(=O)N[C@@H]2CC(=O)N(c3cccc(OC)c3)C2)cc1. The van der Waals surface area contributed by atoms with E-state index in [1.165, 1.54) is 0 Å². The van der Waals surface area contributed by atoms with Crippen LogP contribution in [0.4, 0.5) is 5.69 Å². The molecule has 1 fully saturated rings. The number of nitrogens with one attached hydrogen (secondary N) is 1. The summed E-state index contributed by atoms with van der Waals surface area (Å²) >= 11 is 0. The molecule has 0 unspecified atom stereocenters. The van der Waals surface area contributed by atoms with Gasteiger partial charge in [0.2, 0.25) is 5.91 Å². The van der Waals surface area contributed by atoms with Gasteiger partial charge >= 0.3 is 0 Å². The molecule has 0 aliphatic carbocycles. The molecule has 0 spiro atoms. The van der Waals surface area contributed by atoms with Gasteiger partial charge in [0.05, 0.1) is 20.3 Å². The van der Waals surface area contributed by atoms with Gasteiger partial charge in [-0.05, 0) is 36.4 Å². The van der Waals surface area contributed by atoms with Crippen molar-refractivity contribution < 1.29 is 19.1 Å². The molecule has 6 heteroatoms. The second-order valence-electron chi connectivity index (χ2n) is 5.81. The van der Waals surface area contributed by atoms with E-state index in [4.69, 9.17) is 9.47 Å². The van der Waals surface area contributed by atoms with Crippen LogP contribution in [0.15, 0.2) is 48.5 Å². The first-order valence-electron chi connectivity index (χ1n) is 8.00. The van der Waals surface area contributed by atoms with Crippen LogP contribution in [-0.4, -0.2) is 38.6 Å². The van der Waals surface area contributed by atoms with Gasteiger partial charge in [-0.25, -0.2) is 0 Å². The molecule has 1 saturated heterocycles. The minimum Gasteiger partial charge on any atom is -0.497 e. The number of ether oxygens (including phenoxy) is 2. The summed E-state index contributed by atoms with van der Waals surface area (Å²) in [5, 5.41) is 2.92. The predicted molar refractivity (Wildman–Crippen MR) is 94.2 cm³/mol. The van der Waals surface area contributed by atoms with Gasteiger partial charge in [-0.15, -0.1) is 0 Å². The van der Waals surface area contributed by atoms with E-state index >= 15 is 0 Å². The molecule has 0 radical (unpaired) electrons. The van der Waals surface area contributed by atoms with Gasteiger partial charge in [0.25, 0.3) is 5.91 Å². The van der Waals surface area contributed by atoms with Gasteiger partial charge in [0.1, 0.15) is 11.5 Å². The highest BCUT2D eigenvalue weighted by Gasteiger charge is 2.31. The van der Waals surface area contributed by atoms with Crippen molar-refractivity contribution in [3.05, 3.63) is 54.1 Å². The minimum atomic E-state index is -0.228. The number of hydrogen-bond acceptors (Lipinski definition) is 4. The largest absolute Gasteiger partial charge is 0.497 e. The Labute approximate surface area is 146 Å². The number of nitrogens with zero attached hydrogens (tertiary/aromatic N) is 1. The van der Waals surface area contributed by atoms with Gasteiger partial charge in [0, 0.05) is 30.3 Å². The third-order valence-electron chi connectivity index (χ3n) is 4.18. The maximum Gasteiger partial charge on any atom is 0.251 e. The molecular formula is C19H20N2O4. The fourth-order valence-corrected chi connectivity index (χ4v) is 2.84. The Balaban J connectivity index is 1.66. The first kappa shape index (κ1) is 16.8. The fraction of sp³-hybridized carbons (Fsp3) is 0.263. The molecule has 1 atom stereocenters. The molecule has 3 rings (SSSR count). The van der Waals surface area contributed by atoms with E-state index in [-0.39, 0.29) is 24.3 Å². The van der Waals surface area contributed by atoms with Crippen LogP contribution in [0.1, 0.15) is 16.8 Å². The van der Waals surface area contributed by atoms with E-state index in [0.29, 0.717) is 23.6 Å². The summed E-state index contributed by atoms with van der Waals surface area (Å²) in [5.74, 6) is 1.16. The summed E-state index contributed by atoms with van der Waals surface area (Å²) < 4.78 is 10.3. The van der Waals surface area contributed by atoms with Crippen LogP contribution in [0.5, 0.6) is 11.5 Å². The zero-order valence-corrected chi connectivity index (χ0v) is 14.2. The molecule has 0 bridgehead atoms. The normalized spacial score (nSPS) is 16.6. The number of anilines is 1. The Hall–Kier alpha value is -3.02. The van der Waals surface area contributed by atoms with Crippen LogP contribution >= 0.6 is 0 Å². The third kappa shape index (κ3) is 3.74. The number of hydrogen-bond donors (Lipinski definition) is 1. The fourth-order valence-electron chi connectivity index (χ4n) is 2.84. The number of amides is 2. The quantitative estimate of drug-likeness (QED) is 0.906. The van der Waals surface area contributed by atoms with E-state index in [1.807, 2.05) is 24.3 Å². The van der Waals surface area contributed by atoms with Crippen molar-refractivity contribution in [2.75, 3.05) is 25.7 Å². The number of rotatable bonds is 5. The molecule has 0 saturated carbocycles. The third-order valence-corrected chi connectivity index (χ3v) is 4.18. The lowest BCUT2D eigenvalue weighted by molar-refractivity contribution is -0.117. The number of carbonyl (C=O) groups is 2. The highest BCUT2D eigenvalue weighted by Crippen LogP contribution is 2.25. The van der Waals surface area contributed by atoms with Gasteiger partial charge in [-0.2, -0.15) is 0 Å². The first-order chi connectivity index (χ1) is 12.1. The lowest BCUT2D eigenvalue weighted by atomic mass is 10.2. The Bertz CT molecular complexity index is 773.